The van der Waals surface area contributed by atoms with E-state index < -0.39 is 23.4 Å². The Kier molecular flexibility index (Phi) is 5.23. The molecule has 0 aliphatic carbocycles. The molecule has 4 nitrogen and oxygen atoms in total. The number of rotatable bonds is 4. The molecule has 1 aromatic carbocycles. The monoisotopic (exact) mass is 256 g/mol. The summed E-state index contributed by atoms with van der Waals surface area (Å²) < 4.78 is 25.5. The van der Waals surface area contributed by atoms with Gasteiger partial charge in [-0.15, -0.1) is 0 Å². The van der Waals surface area contributed by atoms with Crippen molar-refractivity contribution in [3.05, 3.63) is 29.8 Å². The first kappa shape index (κ1) is 14.1. The number of hydrogen-bond donors (Lipinski definition) is 2. The van der Waals surface area contributed by atoms with E-state index in [9.17, 15) is 18.4 Å². The van der Waals surface area contributed by atoms with Gasteiger partial charge in [0.25, 0.3) is 0 Å². The largest absolute Gasteiger partial charge is 0.348 e. The Morgan fingerprint density at radius 2 is 1.89 bits per heavy atom. The molecule has 0 unspecified atom stereocenters. The standard InChI is InChI=1S/C12H14F2N2O2/c1-2-3-6-15-11(17)12(18)16-8-4-5-9(13)10(14)7-8/h4-5,7H,2-3,6H2,1H3,(H,15,17)(H,16,18). The lowest BCUT2D eigenvalue weighted by Crippen LogP contribution is -2.35. The van der Waals surface area contributed by atoms with E-state index in [2.05, 4.69) is 10.6 Å². The molecule has 0 aromatic heterocycles. The van der Waals surface area contributed by atoms with Gasteiger partial charge in [0.15, 0.2) is 11.6 Å². The van der Waals surface area contributed by atoms with Gasteiger partial charge in [0.2, 0.25) is 0 Å². The van der Waals surface area contributed by atoms with Crippen LogP contribution in [-0.4, -0.2) is 18.4 Å². The Balaban J connectivity index is 2.53. The second kappa shape index (κ2) is 6.68. The zero-order valence-corrected chi connectivity index (χ0v) is 9.93. The Morgan fingerprint density at radius 1 is 1.17 bits per heavy atom. The Morgan fingerprint density at radius 3 is 2.50 bits per heavy atom. The van der Waals surface area contributed by atoms with Crippen LogP contribution in [0, 0.1) is 11.6 Å². The smallest absolute Gasteiger partial charge is 0.313 e. The maximum Gasteiger partial charge on any atom is 0.313 e. The SMILES string of the molecule is CCCCNC(=O)C(=O)Nc1ccc(F)c(F)c1. The van der Waals surface area contributed by atoms with Gasteiger partial charge >= 0.3 is 11.8 Å². The Labute approximate surface area is 103 Å². The van der Waals surface area contributed by atoms with Crippen LogP contribution >= 0.6 is 0 Å². The highest BCUT2D eigenvalue weighted by atomic mass is 19.2. The van der Waals surface area contributed by atoms with Gasteiger partial charge < -0.3 is 10.6 Å². The fourth-order valence-corrected chi connectivity index (χ4v) is 1.22. The van der Waals surface area contributed by atoms with Crippen molar-refractivity contribution in [1.29, 1.82) is 0 Å². The quantitative estimate of drug-likeness (QED) is 0.637. The lowest BCUT2D eigenvalue weighted by molar-refractivity contribution is -0.136. The molecule has 0 heterocycles. The van der Waals surface area contributed by atoms with Crippen LogP contribution in [-0.2, 0) is 9.59 Å². The minimum atomic E-state index is -1.08. The molecular weight excluding hydrogens is 242 g/mol. The second-order valence-corrected chi connectivity index (χ2v) is 3.69. The Hall–Kier alpha value is -1.98. The van der Waals surface area contributed by atoms with Crippen LogP contribution in [0.25, 0.3) is 0 Å². The zero-order valence-electron chi connectivity index (χ0n) is 9.93. The van der Waals surface area contributed by atoms with Gasteiger partial charge in [-0.05, 0) is 18.6 Å². The van der Waals surface area contributed by atoms with Crippen LogP contribution in [0.5, 0.6) is 0 Å². The number of carbonyl (C=O) groups is 2. The van der Waals surface area contributed by atoms with Gasteiger partial charge in [0.05, 0.1) is 0 Å². The van der Waals surface area contributed by atoms with E-state index >= 15 is 0 Å². The van der Waals surface area contributed by atoms with Crippen LogP contribution in [0.15, 0.2) is 18.2 Å². The maximum atomic E-state index is 12.9. The van der Waals surface area contributed by atoms with Crippen molar-refractivity contribution in [3.8, 4) is 0 Å². The molecule has 0 bridgehead atoms. The van der Waals surface area contributed by atoms with Crippen molar-refractivity contribution in [2.45, 2.75) is 19.8 Å². The molecule has 0 aliphatic rings. The van der Waals surface area contributed by atoms with Crippen LogP contribution < -0.4 is 10.6 Å². The summed E-state index contributed by atoms with van der Waals surface area (Å²) >= 11 is 0. The highest BCUT2D eigenvalue weighted by molar-refractivity contribution is 6.39. The van der Waals surface area contributed by atoms with Crippen molar-refractivity contribution in [2.24, 2.45) is 0 Å². The molecule has 98 valence electrons. The molecule has 18 heavy (non-hydrogen) atoms. The fourth-order valence-electron chi connectivity index (χ4n) is 1.22. The summed E-state index contributed by atoms with van der Waals surface area (Å²) in [6.07, 6.45) is 1.66. The first-order valence-corrected chi connectivity index (χ1v) is 5.58. The number of hydrogen-bond acceptors (Lipinski definition) is 2. The minimum absolute atomic E-state index is 0.0320. The second-order valence-electron chi connectivity index (χ2n) is 3.69. The van der Waals surface area contributed by atoms with E-state index in [0.717, 1.165) is 25.0 Å². The van der Waals surface area contributed by atoms with Gasteiger partial charge in [-0.3, -0.25) is 9.59 Å². The van der Waals surface area contributed by atoms with Gasteiger partial charge in [-0.1, -0.05) is 13.3 Å². The van der Waals surface area contributed by atoms with Gasteiger partial charge in [0, 0.05) is 18.3 Å². The summed E-state index contributed by atoms with van der Waals surface area (Å²) in [6.45, 7) is 2.36. The van der Waals surface area contributed by atoms with Gasteiger partial charge in [-0.25, -0.2) is 8.78 Å². The molecule has 0 saturated heterocycles. The summed E-state index contributed by atoms with van der Waals surface area (Å²) in [5, 5.41) is 4.59. The van der Waals surface area contributed by atoms with Crippen molar-refractivity contribution >= 4 is 17.5 Å². The van der Waals surface area contributed by atoms with Crippen LogP contribution in [0.1, 0.15) is 19.8 Å². The molecular formula is C12H14F2N2O2. The molecule has 0 fully saturated rings. The molecule has 0 atom stereocenters. The summed E-state index contributed by atoms with van der Waals surface area (Å²) in [7, 11) is 0. The predicted molar refractivity (Wildman–Crippen MR) is 62.9 cm³/mol. The molecule has 2 amide bonds. The third kappa shape index (κ3) is 4.12. The highest BCUT2D eigenvalue weighted by Crippen LogP contribution is 2.12. The third-order valence-electron chi connectivity index (χ3n) is 2.20. The number of amides is 2. The zero-order chi connectivity index (χ0) is 13.5. The van der Waals surface area contributed by atoms with Crippen molar-refractivity contribution < 1.29 is 18.4 Å². The summed E-state index contributed by atoms with van der Waals surface area (Å²) in [4.78, 5) is 22.6. The number of unbranched alkanes of at least 4 members (excludes halogenated alkanes) is 1. The average molecular weight is 256 g/mol. The van der Waals surface area contributed by atoms with Crippen LogP contribution in [0.3, 0.4) is 0 Å². The van der Waals surface area contributed by atoms with E-state index in [1.807, 2.05) is 6.92 Å². The average Bonchev–Trinajstić information content (AvgIpc) is 2.34. The van der Waals surface area contributed by atoms with E-state index in [1.165, 1.54) is 6.07 Å². The number of anilines is 1. The molecule has 6 heteroatoms. The fraction of sp³-hybridized carbons (Fsp3) is 0.333. The lowest BCUT2D eigenvalue weighted by Gasteiger charge is -2.06. The van der Waals surface area contributed by atoms with Crippen molar-refractivity contribution in [3.63, 3.8) is 0 Å². The third-order valence-corrected chi connectivity index (χ3v) is 2.20. The van der Waals surface area contributed by atoms with Gasteiger partial charge in [-0.2, -0.15) is 0 Å². The van der Waals surface area contributed by atoms with Gasteiger partial charge in [0.1, 0.15) is 0 Å². The predicted octanol–water partition coefficient (Wildman–Crippen LogP) is 1.82. The number of benzene rings is 1. The molecule has 1 rings (SSSR count). The van der Waals surface area contributed by atoms with E-state index in [-0.39, 0.29) is 5.69 Å². The summed E-state index contributed by atoms with van der Waals surface area (Å²) in [5.74, 6) is -3.80. The van der Waals surface area contributed by atoms with E-state index in [0.29, 0.717) is 6.54 Å². The number of halogens is 2. The normalized spacial score (nSPS) is 9.94. The van der Waals surface area contributed by atoms with E-state index in [1.54, 1.807) is 0 Å². The number of carbonyl (C=O) groups excluding carboxylic acids is 2. The topological polar surface area (TPSA) is 58.2 Å². The molecule has 0 saturated carbocycles. The number of nitrogens with one attached hydrogen (secondary N) is 2. The lowest BCUT2D eigenvalue weighted by atomic mass is 10.3. The first-order valence-electron chi connectivity index (χ1n) is 5.58. The van der Waals surface area contributed by atoms with Crippen molar-refractivity contribution in [1.82, 2.24) is 5.32 Å². The first-order chi connectivity index (χ1) is 8.54. The van der Waals surface area contributed by atoms with Crippen LogP contribution in [0.4, 0.5) is 14.5 Å². The molecule has 0 spiro atoms. The maximum absolute atomic E-state index is 12.9. The molecule has 2 N–H and O–H groups in total. The summed E-state index contributed by atoms with van der Waals surface area (Å²) in [6, 6.07) is 2.86. The van der Waals surface area contributed by atoms with Crippen molar-refractivity contribution in [2.75, 3.05) is 11.9 Å². The molecule has 0 radical (unpaired) electrons. The summed E-state index contributed by atoms with van der Waals surface area (Å²) in [5.41, 5.74) is 0.0320. The van der Waals surface area contributed by atoms with E-state index in [4.69, 9.17) is 0 Å². The highest BCUT2D eigenvalue weighted by Gasteiger charge is 2.13. The van der Waals surface area contributed by atoms with Crippen LogP contribution in [0.2, 0.25) is 0 Å². The molecule has 0 aliphatic heterocycles. The molecule has 1 aromatic rings. The Bertz CT molecular complexity index is 450. The minimum Gasteiger partial charge on any atom is -0.348 e.